The molecule has 0 saturated carbocycles. The van der Waals surface area contributed by atoms with Gasteiger partial charge in [0.15, 0.2) is 0 Å². The maximum Gasteiger partial charge on any atom is 0.223 e. The zero-order chi connectivity index (χ0) is 29.2. The molecule has 0 radical (unpaired) electrons. The van der Waals surface area contributed by atoms with Gasteiger partial charge in [0, 0.05) is 25.9 Å². The number of hydrogen-bond donors (Lipinski definition) is 1. The number of nitrogens with one attached hydrogen (secondary N) is 1. The van der Waals surface area contributed by atoms with E-state index in [4.69, 9.17) is 15.0 Å². The van der Waals surface area contributed by atoms with Gasteiger partial charge in [0.1, 0.15) is 0 Å². The summed E-state index contributed by atoms with van der Waals surface area (Å²) in [6, 6.07) is 17.8. The summed E-state index contributed by atoms with van der Waals surface area (Å²) >= 11 is 0. The maximum atomic E-state index is 13.4. The van der Waals surface area contributed by atoms with Gasteiger partial charge in [-0.2, -0.15) is 0 Å². The van der Waals surface area contributed by atoms with Gasteiger partial charge in [-0.05, 0) is 61.1 Å². The number of fused-ring (bicyclic) bond motifs is 6. The standard InChI is InChI=1S/C33H44N6O2/c1-24(2)14-16-32(40)38-20-28-10-5-8-26(35-28)18-34-19-27-9-6-11-29(36-27)21-39(33(41)17-15-25(3)4)23-31-13-7-12-30(22-38)37-31/h5-13,24-25,34H,14-23H2,1-4H3. The molecule has 4 rings (SSSR count). The molecular formula is C33H44N6O2. The minimum atomic E-state index is 0.0979. The molecule has 218 valence electrons. The molecule has 6 bridgehead atoms. The molecule has 0 aromatic carbocycles. The predicted molar refractivity (Wildman–Crippen MR) is 160 cm³/mol. The molecule has 41 heavy (non-hydrogen) atoms. The first-order valence-electron chi connectivity index (χ1n) is 14.9. The van der Waals surface area contributed by atoms with E-state index in [0.717, 1.165) is 47.0 Å². The molecule has 0 unspecified atom stereocenters. The van der Waals surface area contributed by atoms with Crippen LogP contribution in [0.1, 0.15) is 87.5 Å². The molecule has 1 aliphatic heterocycles. The van der Waals surface area contributed by atoms with E-state index in [2.05, 4.69) is 33.0 Å². The molecule has 4 heterocycles. The number of nitrogens with zero attached hydrogens (tertiary/aromatic N) is 5. The largest absolute Gasteiger partial charge is 0.331 e. The van der Waals surface area contributed by atoms with E-state index in [-0.39, 0.29) is 11.8 Å². The van der Waals surface area contributed by atoms with Crippen molar-refractivity contribution in [2.24, 2.45) is 11.8 Å². The van der Waals surface area contributed by atoms with Crippen molar-refractivity contribution in [2.75, 3.05) is 0 Å². The van der Waals surface area contributed by atoms with Gasteiger partial charge >= 0.3 is 0 Å². The Morgan fingerprint density at radius 1 is 0.610 bits per heavy atom. The van der Waals surface area contributed by atoms with Crippen molar-refractivity contribution in [1.29, 1.82) is 0 Å². The van der Waals surface area contributed by atoms with E-state index in [9.17, 15) is 9.59 Å². The monoisotopic (exact) mass is 556 g/mol. The SMILES string of the molecule is CC(C)CCC(=O)N1Cc2cccc(n2)CNCc2cccc(n2)CN(C(=O)CCC(C)C)Cc2cccc(n2)C1. The number of hydrogen-bond acceptors (Lipinski definition) is 6. The molecular weight excluding hydrogens is 512 g/mol. The highest BCUT2D eigenvalue weighted by molar-refractivity contribution is 5.76. The normalized spacial score (nSPS) is 14.6. The average Bonchev–Trinajstić information content (AvgIpc) is 2.94. The zero-order valence-corrected chi connectivity index (χ0v) is 25.0. The lowest BCUT2D eigenvalue weighted by Gasteiger charge is -2.25. The molecule has 8 heteroatoms. The third-order valence-corrected chi connectivity index (χ3v) is 7.19. The molecule has 0 aliphatic carbocycles. The van der Waals surface area contributed by atoms with Crippen LogP contribution in [0.25, 0.3) is 0 Å². The fourth-order valence-corrected chi connectivity index (χ4v) is 4.84. The van der Waals surface area contributed by atoms with Crippen LogP contribution in [-0.2, 0) is 48.9 Å². The first kappa shape index (κ1) is 30.3. The van der Waals surface area contributed by atoms with Gasteiger partial charge in [0.25, 0.3) is 0 Å². The van der Waals surface area contributed by atoms with E-state index < -0.39 is 0 Å². The number of pyridine rings is 3. The second-order valence-electron chi connectivity index (χ2n) is 11.8. The molecule has 0 spiro atoms. The molecule has 0 saturated heterocycles. The Hall–Kier alpha value is -3.65. The van der Waals surface area contributed by atoms with Gasteiger partial charge in [-0.1, -0.05) is 45.9 Å². The summed E-state index contributed by atoms with van der Waals surface area (Å²) in [5, 5.41) is 3.45. The Morgan fingerprint density at radius 3 is 1.27 bits per heavy atom. The number of aromatic nitrogens is 3. The van der Waals surface area contributed by atoms with Crippen molar-refractivity contribution < 1.29 is 9.59 Å². The molecule has 0 atom stereocenters. The minimum absolute atomic E-state index is 0.0979. The fourth-order valence-electron chi connectivity index (χ4n) is 4.84. The summed E-state index contributed by atoms with van der Waals surface area (Å²) in [6.45, 7) is 11.3. The molecule has 1 N–H and O–H groups in total. The Morgan fingerprint density at radius 2 is 0.927 bits per heavy atom. The van der Waals surface area contributed by atoms with Gasteiger partial charge in [0.05, 0.1) is 60.3 Å². The number of rotatable bonds is 6. The Kier molecular flexibility index (Phi) is 11.0. The fraction of sp³-hybridized carbons (Fsp3) is 0.485. The lowest BCUT2D eigenvalue weighted by atomic mass is 10.1. The number of carbonyl (C=O) groups is 2. The first-order valence-corrected chi connectivity index (χ1v) is 14.9. The van der Waals surface area contributed by atoms with Gasteiger partial charge in [-0.25, -0.2) is 0 Å². The summed E-state index contributed by atoms with van der Waals surface area (Å²) in [6.07, 6.45) is 2.65. The van der Waals surface area contributed by atoms with Gasteiger partial charge in [-0.3, -0.25) is 24.5 Å². The van der Waals surface area contributed by atoms with Crippen LogP contribution in [0, 0.1) is 11.8 Å². The highest BCUT2D eigenvalue weighted by atomic mass is 16.2. The van der Waals surface area contributed by atoms with E-state index in [0.29, 0.717) is 63.9 Å². The van der Waals surface area contributed by atoms with Crippen LogP contribution in [0.2, 0.25) is 0 Å². The second kappa shape index (κ2) is 14.8. The van der Waals surface area contributed by atoms with Crippen LogP contribution in [-0.4, -0.2) is 36.6 Å². The van der Waals surface area contributed by atoms with E-state index in [1.165, 1.54) is 0 Å². The van der Waals surface area contributed by atoms with Crippen LogP contribution in [0.3, 0.4) is 0 Å². The summed E-state index contributed by atoms with van der Waals surface area (Å²) in [5.74, 6) is 1.09. The zero-order valence-electron chi connectivity index (χ0n) is 25.0. The van der Waals surface area contributed by atoms with Gasteiger partial charge in [-0.15, -0.1) is 0 Å². The van der Waals surface area contributed by atoms with Crippen LogP contribution in [0.4, 0.5) is 0 Å². The van der Waals surface area contributed by atoms with Crippen molar-refractivity contribution in [1.82, 2.24) is 30.1 Å². The van der Waals surface area contributed by atoms with Crippen molar-refractivity contribution >= 4 is 11.8 Å². The summed E-state index contributed by atoms with van der Waals surface area (Å²) < 4.78 is 0. The summed E-state index contributed by atoms with van der Waals surface area (Å²) in [5.41, 5.74) is 5.12. The smallest absolute Gasteiger partial charge is 0.223 e. The van der Waals surface area contributed by atoms with Crippen molar-refractivity contribution in [3.8, 4) is 0 Å². The lowest BCUT2D eigenvalue weighted by molar-refractivity contribution is -0.133. The highest BCUT2D eigenvalue weighted by Crippen LogP contribution is 2.17. The Bertz CT molecular complexity index is 1210. The lowest BCUT2D eigenvalue weighted by Crippen LogP contribution is -2.32. The van der Waals surface area contributed by atoms with E-state index in [1.54, 1.807) is 0 Å². The Labute approximate surface area is 244 Å². The third-order valence-electron chi connectivity index (χ3n) is 7.19. The van der Waals surface area contributed by atoms with Crippen molar-refractivity contribution in [3.63, 3.8) is 0 Å². The van der Waals surface area contributed by atoms with Crippen molar-refractivity contribution in [3.05, 3.63) is 88.8 Å². The highest BCUT2D eigenvalue weighted by Gasteiger charge is 2.20. The summed E-state index contributed by atoms with van der Waals surface area (Å²) in [4.78, 5) is 45.1. The molecule has 0 fully saturated rings. The predicted octanol–water partition coefficient (Wildman–Crippen LogP) is 5.40. The maximum absolute atomic E-state index is 13.4. The molecule has 8 nitrogen and oxygen atoms in total. The number of amides is 2. The third kappa shape index (κ3) is 9.74. The van der Waals surface area contributed by atoms with E-state index in [1.807, 2.05) is 64.4 Å². The topological polar surface area (TPSA) is 91.3 Å². The molecule has 2 amide bonds. The summed E-state index contributed by atoms with van der Waals surface area (Å²) in [7, 11) is 0. The molecule has 3 aromatic heterocycles. The Balaban J connectivity index is 1.66. The molecule has 3 aromatic rings. The van der Waals surface area contributed by atoms with Crippen LogP contribution < -0.4 is 5.32 Å². The van der Waals surface area contributed by atoms with Gasteiger partial charge < -0.3 is 15.1 Å². The van der Waals surface area contributed by atoms with Crippen LogP contribution in [0.15, 0.2) is 54.6 Å². The van der Waals surface area contributed by atoms with Crippen molar-refractivity contribution in [2.45, 2.75) is 92.6 Å². The minimum Gasteiger partial charge on any atom is -0.331 e. The molecule has 1 aliphatic rings. The second-order valence-corrected chi connectivity index (χ2v) is 11.8. The van der Waals surface area contributed by atoms with Gasteiger partial charge in [0.2, 0.25) is 11.8 Å². The van der Waals surface area contributed by atoms with E-state index >= 15 is 0 Å². The average molecular weight is 557 g/mol. The number of carbonyl (C=O) groups excluding carboxylic acids is 2. The van der Waals surface area contributed by atoms with Crippen LogP contribution >= 0.6 is 0 Å². The first-order chi connectivity index (χ1) is 19.7. The quantitative estimate of drug-likeness (QED) is 0.437. The van der Waals surface area contributed by atoms with Crippen LogP contribution in [0.5, 0.6) is 0 Å².